The summed E-state index contributed by atoms with van der Waals surface area (Å²) in [5, 5.41) is 2.57. The van der Waals surface area contributed by atoms with Gasteiger partial charge in [0.25, 0.3) is 5.91 Å². The first kappa shape index (κ1) is 23.0. The molecule has 7 nitrogen and oxygen atoms in total. The number of carbonyl (C=O) groups excluding carboxylic acids is 2. The van der Waals surface area contributed by atoms with E-state index in [0.29, 0.717) is 0 Å². The van der Waals surface area contributed by atoms with Crippen LogP contribution in [0.5, 0.6) is 0 Å². The number of hydrogen-bond acceptors (Lipinski definition) is 5. The summed E-state index contributed by atoms with van der Waals surface area (Å²) in [6, 6.07) is 15.3. The lowest BCUT2D eigenvalue weighted by Crippen LogP contribution is -2.38. The van der Waals surface area contributed by atoms with Crippen molar-refractivity contribution < 1.29 is 22.7 Å². The summed E-state index contributed by atoms with van der Waals surface area (Å²) in [5.74, 6) is -1.12. The third kappa shape index (κ3) is 6.15. The zero-order chi connectivity index (χ0) is 22.3. The number of nitrogens with zero attached hydrogens (tertiary/aromatic N) is 1. The molecule has 1 amide bonds. The van der Waals surface area contributed by atoms with Gasteiger partial charge in [0.1, 0.15) is 4.90 Å². The van der Waals surface area contributed by atoms with Gasteiger partial charge >= 0.3 is 5.97 Å². The Hall–Kier alpha value is -2.71. The van der Waals surface area contributed by atoms with Gasteiger partial charge in [-0.25, -0.2) is 8.42 Å². The van der Waals surface area contributed by atoms with Gasteiger partial charge in [-0.3, -0.25) is 9.59 Å². The average Bonchev–Trinajstić information content (AvgIpc) is 2.79. The Bertz CT molecular complexity index is 1000. The van der Waals surface area contributed by atoms with Crippen molar-refractivity contribution >= 4 is 27.6 Å². The summed E-state index contributed by atoms with van der Waals surface area (Å²) < 4.78 is 32.8. The van der Waals surface area contributed by atoms with Crippen LogP contribution in [0.4, 0.5) is 5.69 Å². The number of carbonyl (C=O) groups is 2. The summed E-state index contributed by atoms with van der Waals surface area (Å²) >= 11 is 0. The van der Waals surface area contributed by atoms with E-state index in [9.17, 15) is 18.0 Å². The molecular weight excluding hydrogens is 416 g/mol. The van der Waals surface area contributed by atoms with Crippen molar-refractivity contribution in [1.29, 1.82) is 0 Å². The Balaban J connectivity index is 1.63. The highest BCUT2D eigenvalue weighted by molar-refractivity contribution is 7.89. The summed E-state index contributed by atoms with van der Waals surface area (Å²) in [5.41, 5.74) is 0.962. The standard InChI is InChI=1S/C23H28N2O5S/c1-25(19-12-6-3-7-13-19)31(28,29)21-15-9-8-14-20(21)24-22(26)17-30-23(27)16-18-10-4-2-5-11-18/h2,4-5,8-11,14-15,19H,3,6-7,12-13,16-17H2,1H3,(H,24,26). The first-order valence-electron chi connectivity index (χ1n) is 10.4. The van der Waals surface area contributed by atoms with E-state index in [4.69, 9.17) is 4.74 Å². The molecule has 2 aromatic rings. The third-order valence-electron chi connectivity index (χ3n) is 5.46. The molecule has 0 heterocycles. The Morgan fingerprint density at radius 3 is 2.35 bits per heavy atom. The Morgan fingerprint density at radius 1 is 1.00 bits per heavy atom. The second kappa shape index (κ2) is 10.5. The van der Waals surface area contributed by atoms with E-state index in [2.05, 4.69) is 5.32 Å². The molecule has 1 aliphatic rings. The lowest BCUT2D eigenvalue weighted by atomic mass is 9.96. The fraction of sp³-hybridized carbons (Fsp3) is 0.391. The molecule has 0 spiro atoms. The molecule has 0 aliphatic heterocycles. The smallest absolute Gasteiger partial charge is 0.310 e. The van der Waals surface area contributed by atoms with E-state index >= 15 is 0 Å². The van der Waals surface area contributed by atoms with Gasteiger partial charge in [0.15, 0.2) is 6.61 Å². The van der Waals surface area contributed by atoms with Crippen molar-refractivity contribution in [1.82, 2.24) is 4.31 Å². The summed E-state index contributed by atoms with van der Waals surface area (Å²) in [4.78, 5) is 24.3. The maximum absolute atomic E-state index is 13.2. The van der Waals surface area contributed by atoms with Gasteiger partial charge < -0.3 is 10.1 Å². The quantitative estimate of drug-likeness (QED) is 0.630. The van der Waals surface area contributed by atoms with Gasteiger partial charge in [-0.15, -0.1) is 0 Å². The van der Waals surface area contributed by atoms with Crippen molar-refractivity contribution in [2.75, 3.05) is 19.0 Å². The van der Waals surface area contributed by atoms with Crippen LogP contribution >= 0.6 is 0 Å². The van der Waals surface area contributed by atoms with Crippen molar-refractivity contribution in [3.8, 4) is 0 Å². The second-order valence-corrected chi connectivity index (χ2v) is 9.65. The minimum absolute atomic E-state index is 0.0343. The van der Waals surface area contributed by atoms with Crippen LogP contribution in [0.3, 0.4) is 0 Å². The van der Waals surface area contributed by atoms with E-state index in [1.54, 1.807) is 31.3 Å². The van der Waals surface area contributed by atoms with Crippen LogP contribution in [0.1, 0.15) is 37.7 Å². The molecule has 0 bridgehead atoms. The number of benzene rings is 2. The molecule has 0 atom stereocenters. The van der Waals surface area contributed by atoms with Crippen LogP contribution in [-0.2, 0) is 30.8 Å². The van der Waals surface area contributed by atoms with Crippen LogP contribution in [0.25, 0.3) is 0 Å². The number of nitrogens with one attached hydrogen (secondary N) is 1. The van der Waals surface area contributed by atoms with Crippen LogP contribution in [-0.4, -0.2) is 44.3 Å². The van der Waals surface area contributed by atoms with Gasteiger partial charge in [-0.1, -0.05) is 61.7 Å². The number of para-hydroxylation sites is 1. The fourth-order valence-corrected chi connectivity index (χ4v) is 5.30. The third-order valence-corrected chi connectivity index (χ3v) is 7.43. The Labute approximate surface area is 183 Å². The predicted molar refractivity (Wildman–Crippen MR) is 118 cm³/mol. The Morgan fingerprint density at radius 2 is 1.65 bits per heavy atom. The van der Waals surface area contributed by atoms with Crippen LogP contribution in [0.15, 0.2) is 59.5 Å². The van der Waals surface area contributed by atoms with E-state index in [1.807, 2.05) is 18.2 Å². The predicted octanol–water partition coefficient (Wildman–Crippen LogP) is 3.36. The fourth-order valence-electron chi connectivity index (χ4n) is 3.74. The van der Waals surface area contributed by atoms with Crippen molar-refractivity contribution in [3.63, 3.8) is 0 Å². The molecule has 2 aromatic carbocycles. The van der Waals surface area contributed by atoms with Gasteiger partial charge in [0, 0.05) is 13.1 Å². The van der Waals surface area contributed by atoms with Crippen LogP contribution in [0, 0.1) is 0 Å². The van der Waals surface area contributed by atoms with E-state index in [1.165, 1.54) is 16.4 Å². The van der Waals surface area contributed by atoms with E-state index in [-0.39, 0.29) is 23.0 Å². The van der Waals surface area contributed by atoms with Crippen molar-refractivity contribution in [2.45, 2.75) is 49.5 Å². The van der Waals surface area contributed by atoms with E-state index < -0.39 is 28.5 Å². The molecular formula is C23H28N2O5S. The van der Waals surface area contributed by atoms with Crippen LogP contribution in [0.2, 0.25) is 0 Å². The number of anilines is 1. The maximum Gasteiger partial charge on any atom is 0.310 e. The summed E-state index contributed by atoms with van der Waals surface area (Å²) in [7, 11) is -2.18. The van der Waals surface area contributed by atoms with Gasteiger partial charge in [-0.2, -0.15) is 4.31 Å². The minimum atomic E-state index is -3.78. The number of rotatable bonds is 8. The molecule has 1 aliphatic carbocycles. The molecule has 1 N–H and O–H groups in total. The maximum atomic E-state index is 13.2. The first-order valence-corrected chi connectivity index (χ1v) is 11.9. The molecule has 166 valence electrons. The first-order chi connectivity index (χ1) is 14.9. The topological polar surface area (TPSA) is 92.8 Å². The number of hydrogen-bond donors (Lipinski definition) is 1. The lowest BCUT2D eigenvalue weighted by molar-refractivity contribution is -0.146. The van der Waals surface area contributed by atoms with Gasteiger partial charge in [0.2, 0.25) is 10.0 Å². The number of esters is 1. The summed E-state index contributed by atoms with van der Waals surface area (Å²) in [6.07, 6.45) is 4.88. The normalized spacial score (nSPS) is 14.9. The second-order valence-electron chi connectivity index (χ2n) is 7.68. The number of amides is 1. The molecule has 1 saturated carbocycles. The zero-order valence-corrected chi connectivity index (χ0v) is 18.4. The van der Waals surface area contributed by atoms with Crippen LogP contribution < -0.4 is 5.32 Å². The van der Waals surface area contributed by atoms with E-state index in [0.717, 1.165) is 37.7 Å². The van der Waals surface area contributed by atoms with Gasteiger partial charge in [-0.05, 0) is 30.5 Å². The highest BCUT2D eigenvalue weighted by Crippen LogP contribution is 2.29. The summed E-state index contributed by atoms with van der Waals surface area (Å²) in [6.45, 7) is -0.488. The number of sulfonamides is 1. The highest BCUT2D eigenvalue weighted by Gasteiger charge is 2.31. The minimum Gasteiger partial charge on any atom is -0.455 e. The highest BCUT2D eigenvalue weighted by atomic mass is 32.2. The molecule has 0 saturated heterocycles. The average molecular weight is 445 g/mol. The molecule has 0 unspecified atom stereocenters. The molecule has 31 heavy (non-hydrogen) atoms. The number of ether oxygens (including phenoxy) is 1. The van der Waals surface area contributed by atoms with Crippen molar-refractivity contribution in [3.05, 3.63) is 60.2 Å². The Kier molecular flexibility index (Phi) is 7.81. The molecule has 0 aromatic heterocycles. The molecule has 1 fully saturated rings. The lowest BCUT2D eigenvalue weighted by Gasteiger charge is -2.30. The monoisotopic (exact) mass is 444 g/mol. The molecule has 0 radical (unpaired) electrons. The van der Waals surface area contributed by atoms with Crippen molar-refractivity contribution in [2.24, 2.45) is 0 Å². The zero-order valence-electron chi connectivity index (χ0n) is 17.6. The molecule has 8 heteroatoms. The molecule has 3 rings (SSSR count). The largest absolute Gasteiger partial charge is 0.455 e. The van der Waals surface area contributed by atoms with Gasteiger partial charge in [0.05, 0.1) is 12.1 Å². The SMILES string of the molecule is CN(C1CCCCC1)S(=O)(=O)c1ccccc1NC(=O)COC(=O)Cc1ccccc1.